The molecule has 120 valence electrons. The summed E-state index contributed by atoms with van der Waals surface area (Å²) in [5, 5.41) is -3.03. The van der Waals surface area contributed by atoms with Crippen molar-refractivity contribution in [3.63, 3.8) is 0 Å². The summed E-state index contributed by atoms with van der Waals surface area (Å²) in [4.78, 5) is 0. The molecule has 0 amide bonds. The zero-order valence-electron chi connectivity index (χ0n) is 11.2. The third-order valence-electron chi connectivity index (χ3n) is 3.07. The van der Waals surface area contributed by atoms with Crippen LogP contribution in [-0.2, 0) is 10.1 Å². The number of fused-ring (bicyclic) bond motifs is 1. The predicted molar refractivity (Wildman–Crippen MR) is 75.5 cm³/mol. The lowest BCUT2D eigenvalue weighted by Crippen LogP contribution is -2.39. The summed E-state index contributed by atoms with van der Waals surface area (Å²) < 4.78 is 73.5. The molecule has 0 saturated carbocycles. The number of alkyl halides is 3. The topological polar surface area (TPSA) is 63.6 Å². The Bertz CT molecular complexity index is 762. The third-order valence-corrected chi connectivity index (χ3v) is 4.01. The molecule has 0 aliphatic rings. The Balaban J connectivity index is 1.98. The fourth-order valence-electron chi connectivity index (χ4n) is 1.87. The molecule has 0 saturated heterocycles. The van der Waals surface area contributed by atoms with E-state index in [2.05, 4.69) is 0 Å². The standard InChI is InChI=1S/C14H13F3O4S/c15-13(14(16,17)22(18,19)20)7-8-21-12-6-5-10-3-1-2-4-11(10)9-12/h1-6,9,13H,7-8H2,(H,18,19,20). The van der Waals surface area contributed by atoms with Gasteiger partial charge in [0.1, 0.15) is 5.75 Å². The van der Waals surface area contributed by atoms with E-state index in [1.165, 1.54) is 0 Å². The highest BCUT2D eigenvalue weighted by atomic mass is 32.2. The first-order chi connectivity index (χ1) is 10.2. The van der Waals surface area contributed by atoms with E-state index in [0.29, 0.717) is 5.75 Å². The van der Waals surface area contributed by atoms with Crippen molar-refractivity contribution in [2.24, 2.45) is 0 Å². The fourth-order valence-corrected chi connectivity index (χ4v) is 2.31. The van der Waals surface area contributed by atoms with E-state index >= 15 is 0 Å². The van der Waals surface area contributed by atoms with Crippen LogP contribution in [0.1, 0.15) is 6.42 Å². The maximum Gasteiger partial charge on any atom is 0.400 e. The summed E-state index contributed by atoms with van der Waals surface area (Å²) in [5.41, 5.74) is 0. The van der Waals surface area contributed by atoms with E-state index in [0.717, 1.165) is 10.8 Å². The Morgan fingerprint density at radius 2 is 1.77 bits per heavy atom. The number of hydrogen-bond acceptors (Lipinski definition) is 3. The van der Waals surface area contributed by atoms with Crippen LogP contribution in [0.4, 0.5) is 13.2 Å². The van der Waals surface area contributed by atoms with Crippen LogP contribution in [0, 0.1) is 0 Å². The Hall–Kier alpha value is -1.80. The summed E-state index contributed by atoms with van der Waals surface area (Å²) >= 11 is 0. The molecule has 0 fully saturated rings. The second-order valence-corrected chi connectivity index (χ2v) is 6.14. The van der Waals surface area contributed by atoms with E-state index in [9.17, 15) is 21.6 Å². The van der Waals surface area contributed by atoms with Crippen LogP contribution in [0.5, 0.6) is 5.75 Å². The van der Waals surface area contributed by atoms with Gasteiger partial charge in [-0.3, -0.25) is 4.55 Å². The average Bonchev–Trinajstić information content (AvgIpc) is 2.45. The minimum absolute atomic E-state index is 0.348. The zero-order chi connectivity index (χ0) is 16.4. The zero-order valence-corrected chi connectivity index (χ0v) is 12.1. The van der Waals surface area contributed by atoms with Gasteiger partial charge in [-0.15, -0.1) is 0 Å². The first kappa shape index (κ1) is 16.6. The van der Waals surface area contributed by atoms with E-state index < -0.39 is 34.6 Å². The highest BCUT2D eigenvalue weighted by molar-refractivity contribution is 7.86. The summed E-state index contributed by atoms with van der Waals surface area (Å²) in [6.45, 7) is -0.454. The smallest absolute Gasteiger partial charge is 0.400 e. The number of ether oxygens (including phenoxy) is 1. The van der Waals surface area contributed by atoms with Gasteiger partial charge in [-0.2, -0.15) is 17.2 Å². The maximum atomic E-state index is 13.3. The van der Waals surface area contributed by atoms with Crippen LogP contribution in [-0.4, -0.2) is 31.0 Å². The van der Waals surface area contributed by atoms with Crippen molar-refractivity contribution < 1.29 is 30.9 Å². The van der Waals surface area contributed by atoms with Crippen molar-refractivity contribution in [1.82, 2.24) is 0 Å². The minimum atomic E-state index is -5.79. The normalized spacial score (nSPS) is 14.0. The minimum Gasteiger partial charge on any atom is -0.493 e. The Labute approximate surface area is 125 Å². The molecule has 0 aliphatic carbocycles. The maximum absolute atomic E-state index is 13.3. The fraction of sp³-hybridized carbons (Fsp3) is 0.286. The van der Waals surface area contributed by atoms with Crippen molar-refractivity contribution in [1.29, 1.82) is 0 Å². The molecule has 2 aromatic carbocycles. The molecular weight excluding hydrogens is 321 g/mol. The summed E-state index contributed by atoms with van der Waals surface area (Å²) in [6, 6.07) is 12.4. The molecule has 0 bridgehead atoms. The first-order valence-corrected chi connectivity index (χ1v) is 7.76. The molecule has 4 nitrogen and oxygen atoms in total. The van der Waals surface area contributed by atoms with Crippen LogP contribution < -0.4 is 4.74 Å². The molecule has 2 rings (SSSR count). The Morgan fingerprint density at radius 1 is 1.14 bits per heavy atom. The number of rotatable bonds is 6. The van der Waals surface area contributed by atoms with Gasteiger partial charge in [0.2, 0.25) is 0 Å². The third kappa shape index (κ3) is 3.50. The highest BCUT2D eigenvalue weighted by Crippen LogP contribution is 2.29. The van der Waals surface area contributed by atoms with Crippen molar-refractivity contribution in [2.75, 3.05) is 6.61 Å². The lowest BCUT2D eigenvalue weighted by Gasteiger charge is -2.17. The van der Waals surface area contributed by atoms with Gasteiger partial charge in [0.05, 0.1) is 6.61 Å². The van der Waals surface area contributed by atoms with Crippen molar-refractivity contribution in [3.05, 3.63) is 42.5 Å². The van der Waals surface area contributed by atoms with Gasteiger partial charge in [0, 0.05) is 6.42 Å². The molecular formula is C14H13F3O4S. The molecule has 22 heavy (non-hydrogen) atoms. The van der Waals surface area contributed by atoms with Crippen LogP contribution in [0.25, 0.3) is 10.8 Å². The van der Waals surface area contributed by atoms with Gasteiger partial charge < -0.3 is 4.74 Å². The van der Waals surface area contributed by atoms with Crippen LogP contribution in [0.15, 0.2) is 42.5 Å². The molecule has 0 spiro atoms. The molecule has 0 radical (unpaired) electrons. The average molecular weight is 334 g/mol. The monoisotopic (exact) mass is 334 g/mol. The second kappa shape index (κ2) is 6.13. The van der Waals surface area contributed by atoms with Crippen LogP contribution in [0.2, 0.25) is 0 Å². The van der Waals surface area contributed by atoms with Crippen molar-refractivity contribution in [3.8, 4) is 5.75 Å². The second-order valence-electron chi connectivity index (χ2n) is 4.65. The molecule has 0 aromatic heterocycles. The van der Waals surface area contributed by atoms with E-state index in [-0.39, 0.29) is 0 Å². The van der Waals surface area contributed by atoms with E-state index in [1.54, 1.807) is 18.2 Å². The van der Waals surface area contributed by atoms with Crippen LogP contribution in [0.3, 0.4) is 0 Å². The first-order valence-electron chi connectivity index (χ1n) is 6.32. The summed E-state index contributed by atoms with van der Waals surface area (Å²) in [5.74, 6) is 0.348. The van der Waals surface area contributed by atoms with Gasteiger partial charge in [-0.05, 0) is 22.9 Å². The van der Waals surface area contributed by atoms with Crippen LogP contribution >= 0.6 is 0 Å². The predicted octanol–water partition coefficient (Wildman–Crippen LogP) is 3.43. The van der Waals surface area contributed by atoms with Crippen molar-refractivity contribution >= 4 is 20.9 Å². The van der Waals surface area contributed by atoms with Gasteiger partial charge in [-0.25, -0.2) is 4.39 Å². The molecule has 8 heteroatoms. The Morgan fingerprint density at radius 3 is 2.41 bits per heavy atom. The van der Waals surface area contributed by atoms with Gasteiger partial charge in [0.15, 0.2) is 6.17 Å². The lowest BCUT2D eigenvalue weighted by molar-refractivity contribution is -0.0110. The van der Waals surface area contributed by atoms with E-state index in [4.69, 9.17) is 9.29 Å². The SMILES string of the molecule is O=S(=O)(O)C(F)(F)C(F)CCOc1ccc2ccccc2c1. The molecule has 1 atom stereocenters. The largest absolute Gasteiger partial charge is 0.493 e. The molecule has 0 aliphatic heterocycles. The van der Waals surface area contributed by atoms with Gasteiger partial charge in [0.25, 0.3) is 0 Å². The Kier molecular flexibility index (Phi) is 4.62. The number of halogens is 3. The van der Waals surface area contributed by atoms with Gasteiger partial charge in [-0.1, -0.05) is 30.3 Å². The molecule has 2 aromatic rings. The molecule has 1 unspecified atom stereocenters. The quantitative estimate of drug-likeness (QED) is 0.822. The molecule has 0 heterocycles. The molecule has 1 N–H and O–H groups in total. The van der Waals surface area contributed by atoms with Gasteiger partial charge >= 0.3 is 15.4 Å². The van der Waals surface area contributed by atoms with Crippen molar-refractivity contribution in [2.45, 2.75) is 17.8 Å². The van der Waals surface area contributed by atoms with E-state index in [1.807, 2.05) is 24.3 Å². The summed E-state index contributed by atoms with van der Waals surface area (Å²) in [6.07, 6.45) is -3.93. The number of benzene rings is 2. The highest BCUT2D eigenvalue weighted by Gasteiger charge is 2.52. The summed E-state index contributed by atoms with van der Waals surface area (Å²) in [7, 11) is -5.79. The number of hydrogen-bond donors (Lipinski definition) is 1. The lowest BCUT2D eigenvalue weighted by atomic mass is 10.1.